The summed E-state index contributed by atoms with van der Waals surface area (Å²) in [5.41, 5.74) is 9.94. The minimum Gasteiger partial charge on any atom is -0.456 e. The van der Waals surface area contributed by atoms with Crippen LogP contribution in [-0.4, -0.2) is 9.97 Å². The molecule has 0 aliphatic rings. The van der Waals surface area contributed by atoms with Gasteiger partial charge in [-0.1, -0.05) is 91.0 Å². The first kappa shape index (κ1) is 23.6. The number of furan rings is 1. The molecule has 0 saturated heterocycles. The molecule has 4 nitrogen and oxygen atoms in total. The van der Waals surface area contributed by atoms with Crippen LogP contribution >= 0.6 is 11.3 Å². The summed E-state index contributed by atoms with van der Waals surface area (Å²) >= 11 is 1.71. The quantitative estimate of drug-likeness (QED) is 0.234. The molecular formula is C36H23N3OS. The first-order chi connectivity index (χ1) is 20.3. The summed E-state index contributed by atoms with van der Waals surface area (Å²) in [6.07, 6.45) is 1.82. The van der Waals surface area contributed by atoms with Crippen molar-refractivity contribution in [2.24, 2.45) is 0 Å². The number of fused-ring (bicyclic) bond motifs is 4. The van der Waals surface area contributed by atoms with E-state index in [4.69, 9.17) is 14.4 Å². The third kappa shape index (κ3) is 4.06. The van der Waals surface area contributed by atoms with Gasteiger partial charge in [-0.3, -0.25) is 4.98 Å². The van der Waals surface area contributed by atoms with Gasteiger partial charge in [0.05, 0.1) is 21.3 Å². The molecule has 0 saturated carbocycles. The predicted octanol–water partition coefficient (Wildman–Crippen LogP) is 10.3. The lowest BCUT2D eigenvalue weighted by atomic mass is 10.0. The monoisotopic (exact) mass is 545 g/mol. The molecule has 5 aromatic carbocycles. The normalized spacial score (nSPS) is 11.4. The van der Waals surface area contributed by atoms with E-state index in [1.54, 1.807) is 11.3 Å². The second kappa shape index (κ2) is 9.73. The van der Waals surface area contributed by atoms with Crippen LogP contribution in [0.2, 0.25) is 0 Å². The van der Waals surface area contributed by atoms with E-state index in [2.05, 4.69) is 90.2 Å². The molecular weight excluding hydrogens is 522 g/mol. The van der Waals surface area contributed by atoms with Gasteiger partial charge in [0.15, 0.2) is 0 Å². The number of para-hydroxylation sites is 4. The number of pyridine rings is 1. The first-order valence-electron chi connectivity index (χ1n) is 13.5. The van der Waals surface area contributed by atoms with Gasteiger partial charge >= 0.3 is 0 Å². The fourth-order valence-corrected chi connectivity index (χ4v) is 6.54. The van der Waals surface area contributed by atoms with Crippen LogP contribution in [0.15, 0.2) is 138 Å². The lowest BCUT2D eigenvalue weighted by molar-refractivity contribution is 0.668. The van der Waals surface area contributed by atoms with Crippen LogP contribution in [0.1, 0.15) is 0 Å². The van der Waals surface area contributed by atoms with Crippen molar-refractivity contribution >= 4 is 54.9 Å². The molecule has 8 rings (SSSR count). The Balaban J connectivity index is 1.24. The second-order valence-electron chi connectivity index (χ2n) is 9.88. The van der Waals surface area contributed by atoms with E-state index in [0.29, 0.717) is 0 Å². The van der Waals surface area contributed by atoms with Gasteiger partial charge in [-0.2, -0.15) is 0 Å². The second-order valence-corrected chi connectivity index (χ2v) is 10.9. The molecule has 5 heteroatoms. The summed E-state index contributed by atoms with van der Waals surface area (Å²) in [6, 6.07) is 43.6. The van der Waals surface area contributed by atoms with Crippen molar-refractivity contribution in [3.05, 3.63) is 134 Å². The Morgan fingerprint density at radius 3 is 2.17 bits per heavy atom. The molecule has 8 aromatic rings. The van der Waals surface area contributed by atoms with Gasteiger partial charge < -0.3 is 9.73 Å². The Bertz CT molecular complexity index is 2200. The maximum atomic E-state index is 6.15. The van der Waals surface area contributed by atoms with Gasteiger partial charge in [-0.05, 0) is 42.0 Å². The fourth-order valence-electron chi connectivity index (χ4n) is 5.51. The highest BCUT2D eigenvalue weighted by Crippen LogP contribution is 2.42. The SMILES string of the molecule is c1ccc(-c2cccc3sc(-c4ccccc4Nc4ccccc4-c4nccc5oc6ccccc6c45)nc23)cc1. The number of nitrogens with zero attached hydrogens (tertiary/aromatic N) is 2. The van der Waals surface area contributed by atoms with Gasteiger partial charge in [-0.15, -0.1) is 11.3 Å². The topological polar surface area (TPSA) is 51.0 Å². The highest BCUT2D eigenvalue weighted by Gasteiger charge is 2.18. The van der Waals surface area contributed by atoms with Crippen molar-refractivity contribution in [3.63, 3.8) is 0 Å². The number of benzene rings is 5. The van der Waals surface area contributed by atoms with Gasteiger partial charge in [0.25, 0.3) is 0 Å². The molecule has 3 heterocycles. The van der Waals surface area contributed by atoms with Crippen LogP contribution in [0.5, 0.6) is 0 Å². The summed E-state index contributed by atoms with van der Waals surface area (Å²) in [6.45, 7) is 0. The third-order valence-corrected chi connectivity index (χ3v) is 8.46. The van der Waals surface area contributed by atoms with Gasteiger partial charge in [0.1, 0.15) is 16.2 Å². The number of aromatic nitrogens is 2. The maximum absolute atomic E-state index is 6.15. The number of hydrogen-bond donors (Lipinski definition) is 1. The molecule has 0 radical (unpaired) electrons. The lowest BCUT2D eigenvalue weighted by Gasteiger charge is -2.15. The molecule has 0 spiro atoms. The van der Waals surface area contributed by atoms with E-state index in [0.717, 1.165) is 66.2 Å². The molecule has 0 bridgehead atoms. The molecule has 0 aliphatic carbocycles. The standard InChI is InChI=1S/C36H23N3OS/c1-2-11-23(12-3-1)24-16-10-20-32-34(24)39-36(41-32)26-14-5-8-18-29(26)38-28-17-7-4-13-25(28)35-33-27-15-6-9-19-30(27)40-31(33)21-22-37-35/h1-22,38H. The van der Waals surface area contributed by atoms with Crippen LogP contribution in [0.4, 0.5) is 11.4 Å². The lowest BCUT2D eigenvalue weighted by Crippen LogP contribution is -1.96. The van der Waals surface area contributed by atoms with Crippen molar-refractivity contribution < 1.29 is 4.42 Å². The highest BCUT2D eigenvalue weighted by molar-refractivity contribution is 7.21. The summed E-state index contributed by atoms with van der Waals surface area (Å²) < 4.78 is 7.32. The highest BCUT2D eigenvalue weighted by atomic mass is 32.1. The molecule has 0 unspecified atom stereocenters. The van der Waals surface area contributed by atoms with Crippen molar-refractivity contribution in [1.29, 1.82) is 0 Å². The van der Waals surface area contributed by atoms with Crippen LogP contribution in [-0.2, 0) is 0 Å². The van der Waals surface area contributed by atoms with Crippen LogP contribution < -0.4 is 5.32 Å². The van der Waals surface area contributed by atoms with E-state index in [-0.39, 0.29) is 0 Å². The smallest absolute Gasteiger partial charge is 0.139 e. The molecule has 41 heavy (non-hydrogen) atoms. The third-order valence-electron chi connectivity index (χ3n) is 7.40. The van der Waals surface area contributed by atoms with Crippen molar-refractivity contribution in [1.82, 2.24) is 9.97 Å². The Morgan fingerprint density at radius 2 is 1.29 bits per heavy atom. The van der Waals surface area contributed by atoms with Crippen LogP contribution in [0.3, 0.4) is 0 Å². The van der Waals surface area contributed by atoms with Gasteiger partial charge in [-0.25, -0.2) is 4.98 Å². The molecule has 194 valence electrons. The van der Waals surface area contributed by atoms with Crippen LogP contribution in [0, 0.1) is 0 Å². The molecule has 0 atom stereocenters. The van der Waals surface area contributed by atoms with Gasteiger partial charge in [0, 0.05) is 39.6 Å². The molecule has 1 N–H and O–H groups in total. The zero-order valence-electron chi connectivity index (χ0n) is 21.9. The molecule has 0 aliphatic heterocycles. The Morgan fingerprint density at radius 1 is 0.585 bits per heavy atom. The summed E-state index contributed by atoms with van der Waals surface area (Å²) in [5.74, 6) is 0. The summed E-state index contributed by atoms with van der Waals surface area (Å²) in [7, 11) is 0. The number of anilines is 2. The molecule has 3 aromatic heterocycles. The number of thiazole rings is 1. The first-order valence-corrected chi connectivity index (χ1v) is 14.3. The Kier molecular flexibility index (Phi) is 5.61. The Labute approximate surface area is 240 Å². The van der Waals surface area contributed by atoms with E-state index < -0.39 is 0 Å². The largest absolute Gasteiger partial charge is 0.456 e. The van der Waals surface area contributed by atoms with Gasteiger partial charge in [0.2, 0.25) is 0 Å². The van der Waals surface area contributed by atoms with Crippen molar-refractivity contribution in [2.45, 2.75) is 0 Å². The zero-order chi connectivity index (χ0) is 27.2. The minimum absolute atomic E-state index is 0.829. The average molecular weight is 546 g/mol. The van der Waals surface area contributed by atoms with E-state index >= 15 is 0 Å². The average Bonchev–Trinajstić information content (AvgIpc) is 3.64. The molecule has 0 fully saturated rings. The van der Waals surface area contributed by atoms with E-state index in [1.807, 2.05) is 48.7 Å². The zero-order valence-corrected chi connectivity index (χ0v) is 22.7. The van der Waals surface area contributed by atoms with E-state index in [1.165, 1.54) is 10.3 Å². The summed E-state index contributed by atoms with van der Waals surface area (Å²) in [5, 5.41) is 6.79. The minimum atomic E-state index is 0.829. The summed E-state index contributed by atoms with van der Waals surface area (Å²) in [4.78, 5) is 10.0. The van der Waals surface area contributed by atoms with E-state index in [9.17, 15) is 0 Å². The predicted molar refractivity (Wildman–Crippen MR) is 171 cm³/mol. The van der Waals surface area contributed by atoms with Crippen molar-refractivity contribution in [3.8, 4) is 33.0 Å². The fraction of sp³-hybridized carbons (Fsp3) is 0. The molecule has 0 amide bonds. The number of nitrogens with one attached hydrogen (secondary N) is 1. The Hall–Kier alpha value is -5.26. The maximum Gasteiger partial charge on any atom is 0.139 e. The van der Waals surface area contributed by atoms with Crippen LogP contribution in [0.25, 0.3) is 65.1 Å². The number of hydrogen-bond acceptors (Lipinski definition) is 5. The number of rotatable bonds is 5. The van der Waals surface area contributed by atoms with Crippen molar-refractivity contribution in [2.75, 3.05) is 5.32 Å².